The second kappa shape index (κ2) is 7.42. The molecule has 23 heavy (non-hydrogen) atoms. The second-order valence-electron chi connectivity index (χ2n) is 8.40. The van der Waals surface area contributed by atoms with Gasteiger partial charge < -0.3 is 15.1 Å². The maximum atomic E-state index is 4.58. The second-order valence-corrected chi connectivity index (χ2v) is 8.40. The monoisotopic (exact) mass is 320 g/mol. The molecule has 132 valence electrons. The number of piperidine rings is 1. The third-order valence-electron chi connectivity index (χ3n) is 6.44. The molecule has 1 atom stereocenters. The maximum absolute atomic E-state index is 4.58. The summed E-state index contributed by atoms with van der Waals surface area (Å²) in [7, 11) is 1.95. The highest BCUT2D eigenvalue weighted by atomic mass is 15.3. The zero-order chi connectivity index (χ0) is 16.3. The number of guanidine groups is 1. The minimum Gasteiger partial charge on any atom is -0.356 e. The Bertz CT molecular complexity index is 412. The van der Waals surface area contributed by atoms with Gasteiger partial charge in [-0.15, -0.1) is 0 Å². The van der Waals surface area contributed by atoms with Crippen LogP contribution in [0.15, 0.2) is 4.99 Å². The molecule has 0 aromatic heterocycles. The summed E-state index contributed by atoms with van der Waals surface area (Å²) < 4.78 is 0. The van der Waals surface area contributed by atoms with Crippen LogP contribution in [0, 0.1) is 11.3 Å². The molecular formula is C19H36N4. The Labute approximate surface area is 142 Å². The van der Waals surface area contributed by atoms with Crippen LogP contribution in [0.3, 0.4) is 0 Å². The lowest BCUT2D eigenvalue weighted by molar-refractivity contribution is 0.140. The molecule has 3 rings (SSSR count). The number of hydrogen-bond acceptors (Lipinski definition) is 2. The molecule has 3 fully saturated rings. The van der Waals surface area contributed by atoms with Gasteiger partial charge in [0.25, 0.3) is 0 Å². The van der Waals surface area contributed by atoms with Crippen molar-refractivity contribution in [2.24, 2.45) is 16.3 Å². The Kier molecular flexibility index (Phi) is 5.50. The minimum atomic E-state index is 0.622. The standard InChI is InChI=1S/C19H36N4/c1-16(2)22-11-6-7-17(14-22)13-21-18(20-3)23-12-10-19(15-23)8-4-5-9-19/h16-17H,4-15H2,1-3H3,(H,20,21). The molecule has 1 unspecified atom stereocenters. The van der Waals surface area contributed by atoms with E-state index in [-0.39, 0.29) is 0 Å². The van der Waals surface area contributed by atoms with Crippen LogP contribution < -0.4 is 5.32 Å². The molecule has 2 heterocycles. The van der Waals surface area contributed by atoms with Crippen molar-refractivity contribution in [3.63, 3.8) is 0 Å². The highest BCUT2D eigenvalue weighted by Gasteiger charge is 2.41. The number of likely N-dealkylation sites (tertiary alicyclic amines) is 2. The molecule has 0 bridgehead atoms. The molecule has 0 radical (unpaired) electrons. The van der Waals surface area contributed by atoms with Crippen molar-refractivity contribution in [1.29, 1.82) is 0 Å². The van der Waals surface area contributed by atoms with Gasteiger partial charge in [-0.05, 0) is 63.8 Å². The summed E-state index contributed by atoms with van der Waals surface area (Å²) in [5, 5.41) is 3.70. The fourth-order valence-corrected chi connectivity index (χ4v) is 4.95. The Hall–Kier alpha value is -0.770. The van der Waals surface area contributed by atoms with Crippen LogP contribution in [0.2, 0.25) is 0 Å². The first-order valence-corrected chi connectivity index (χ1v) is 9.81. The zero-order valence-electron chi connectivity index (χ0n) is 15.5. The lowest BCUT2D eigenvalue weighted by Crippen LogP contribution is -2.47. The molecule has 0 amide bonds. The first-order valence-electron chi connectivity index (χ1n) is 9.81. The van der Waals surface area contributed by atoms with Gasteiger partial charge >= 0.3 is 0 Å². The van der Waals surface area contributed by atoms with Crippen molar-refractivity contribution in [2.75, 3.05) is 39.8 Å². The van der Waals surface area contributed by atoms with Crippen LogP contribution in [0.25, 0.3) is 0 Å². The Morgan fingerprint density at radius 1 is 1.17 bits per heavy atom. The third kappa shape index (κ3) is 4.01. The Morgan fingerprint density at radius 3 is 2.65 bits per heavy atom. The minimum absolute atomic E-state index is 0.622. The summed E-state index contributed by atoms with van der Waals surface area (Å²) in [4.78, 5) is 9.73. The van der Waals surface area contributed by atoms with Crippen molar-refractivity contribution in [3.8, 4) is 0 Å². The summed E-state index contributed by atoms with van der Waals surface area (Å²) in [6.07, 6.45) is 9.82. The van der Waals surface area contributed by atoms with Gasteiger partial charge in [-0.2, -0.15) is 0 Å². The molecule has 2 saturated heterocycles. The molecule has 1 spiro atoms. The van der Waals surface area contributed by atoms with Crippen LogP contribution in [0.5, 0.6) is 0 Å². The molecule has 1 saturated carbocycles. The summed E-state index contributed by atoms with van der Waals surface area (Å²) in [5.74, 6) is 1.92. The number of rotatable bonds is 3. The van der Waals surface area contributed by atoms with E-state index in [0.29, 0.717) is 11.5 Å². The Morgan fingerprint density at radius 2 is 1.96 bits per heavy atom. The van der Waals surface area contributed by atoms with Crippen molar-refractivity contribution >= 4 is 5.96 Å². The number of nitrogens with one attached hydrogen (secondary N) is 1. The zero-order valence-corrected chi connectivity index (χ0v) is 15.5. The van der Waals surface area contributed by atoms with Gasteiger partial charge in [0.15, 0.2) is 5.96 Å². The van der Waals surface area contributed by atoms with Crippen LogP contribution in [-0.4, -0.2) is 61.6 Å². The average molecular weight is 321 g/mol. The van der Waals surface area contributed by atoms with Crippen molar-refractivity contribution in [3.05, 3.63) is 0 Å². The molecule has 2 aliphatic heterocycles. The smallest absolute Gasteiger partial charge is 0.193 e. The number of nitrogens with zero attached hydrogens (tertiary/aromatic N) is 3. The van der Waals surface area contributed by atoms with Gasteiger partial charge in [-0.3, -0.25) is 4.99 Å². The molecule has 4 nitrogen and oxygen atoms in total. The van der Waals surface area contributed by atoms with Crippen LogP contribution in [0.1, 0.15) is 58.8 Å². The highest BCUT2D eigenvalue weighted by molar-refractivity contribution is 5.80. The fourth-order valence-electron chi connectivity index (χ4n) is 4.95. The van der Waals surface area contributed by atoms with Crippen LogP contribution >= 0.6 is 0 Å². The molecule has 0 aromatic carbocycles. The van der Waals surface area contributed by atoms with Gasteiger partial charge in [0.1, 0.15) is 0 Å². The maximum Gasteiger partial charge on any atom is 0.193 e. The fraction of sp³-hybridized carbons (Fsp3) is 0.947. The first kappa shape index (κ1) is 17.1. The first-order chi connectivity index (χ1) is 11.1. The van der Waals surface area contributed by atoms with E-state index < -0.39 is 0 Å². The lowest BCUT2D eigenvalue weighted by Gasteiger charge is -2.36. The molecule has 3 aliphatic rings. The predicted molar refractivity (Wildman–Crippen MR) is 97.9 cm³/mol. The van der Waals surface area contributed by atoms with E-state index in [9.17, 15) is 0 Å². The van der Waals surface area contributed by atoms with Gasteiger partial charge in [0, 0.05) is 39.3 Å². The van der Waals surface area contributed by atoms with Crippen molar-refractivity contribution in [2.45, 2.75) is 64.8 Å². The largest absolute Gasteiger partial charge is 0.356 e. The summed E-state index contributed by atoms with van der Waals surface area (Å²) in [5.41, 5.74) is 0.622. The van der Waals surface area contributed by atoms with E-state index in [4.69, 9.17) is 0 Å². The lowest BCUT2D eigenvalue weighted by atomic mass is 9.86. The summed E-state index contributed by atoms with van der Waals surface area (Å²) >= 11 is 0. The van der Waals surface area contributed by atoms with Crippen LogP contribution in [0.4, 0.5) is 0 Å². The van der Waals surface area contributed by atoms with E-state index in [2.05, 4.69) is 34.0 Å². The highest BCUT2D eigenvalue weighted by Crippen LogP contribution is 2.45. The van der Waals surface area contributed by atoms with E-state index in [0.717, 1.165) is 18.4 Å². The van der Waals surface area contributed by atoms with Gasteiger partial charge in [-0.25, -0.2) is 0 Å². The Balaban J connectivity index is 1.48. The number of aliphatic imine (C=N–C) groups is 1. The van der Waals surface area contributed by atoms with E-state index in [1.54, 1.807) is 0 Å². The van der Waals surface area contributed by atoms with Gasteiger partial charge in [0.05, 0.1) is 0 Å². The molecule has 4 heteroatoms. The number of hydrogen-bond donors (Lipinski definition) is 1. The van der Waals surface area contributed by atoms with Crippen molar-refractivity contribution in [1.82, 2.24) is 15.1 Å². The molecular weight excluding hydrogens is 284 g/mol. The normalized spacial score (nSPS) is 29.0. The van der Waals surface area contributed by atoms with Gasteiger partial charge in [0.2, 0.25) is 0 Å². The van der Waals surface area contributed by atoms with E-state index in [1.807, 2.05) is 7.05 Å². The van der Waals surface area contributed by atoms with E-state index >= 15 is 0 Å². The third-order valence-corrected chi connectivity index (χ3v) is 6.44. The average Bonchev–Trinajstić information content (AvgIpc) is 3.19. The summed E-state index contributed by atoms with van der Waals surface area (Å²) in [6, 6.07) is 0.679. The van der Waals surface area contributed by atoms with Gasteiger partial charge in [-0.1, -0.05) is 12.8 Å². The van der Waals surface area contributed by atoms with Crippen LogP contribution in [-0.2, 0) is 0 Å². The quantitative estimate of drug-likeness (QED) is 0.641. The topological polar surface area (TPSA) is 30.9 Å². The SMILES string of the molecule is CN=C(NCC1CCCN(C(C)C)C1)N1CCC2(CCCC2)C1. The predicted octanol–water partition coefficient (Wildman–Crippen LogP) is 2.95. The summed E-state index contributed by atoms with van der Waals surface area (Å²) in [6.45, 7) is 10.7. The molecule has 0 aromatic rings. The molecule has 1 aliphatic carbocycles. The molecule has 1 N–H and O–H groups in total. The van der Waals surface area contributed by atoms with E-state index in [1.165, 1.54) is 71.1 Å². The van der Waals surface area contributed by atoms with Crippen molar-refractivity contribution < 1.29 is 0 Å².